The molecule has 0 spiro atoms. The highest BCUT2D eigenvalue weighted by Gasteiger charge is 2.21. The number of imidazole rings is 1. The first kappa shape index (κ1) is 18.6. The molecule has 1 aromatic carbocycles. The summed E-state index contributed by atoms with van der Waals surface area (Å²) in [7, 11) is -3.66. The van der Waals surface area contributed by atoms with E-state index in [0.717, 1.165) is 0 Å². The van der Waals surface area contributed by atoms with E-state index in [0.29, 0.717) is 51.4 Å². The van der Waals surface area contributed by atoms with Crippen LogP contribution in [-0.4, -0.2) is 61.6 Å². The molecule has 0 radical (unpaired) electrons. The van der Waals surface area contributed by atoms with Gasteiger partial charge in [-0.25, -0.2) is 18.1 Å². The molecule has 0 unspecified atom stereocenters. The van der Waals surface area contributed by atoms with Gasteiger partial charge in [-0.2, -0.15) is 0 Å². The molecule has 1 saturated heterocycles. The van der Waals surface area contributed by atoms with Crippen molar-refractivity contribution in [2.24, 2.45) is 0 Å². The standard InChI is InChI=1S/C17H22N4O4S/c22-17(21-9-11-25-12-10-21)15-3-1-4-16(13-15)26(23,24)19-5-2-7-20-8-6-18-14-20/h1,3-4,6,8,13-14,19H,2,5,7,9-12H2. The van der Waals surface area contributed by atoms with Crippen molar-refractivity contribution >= 4 is 15.9 Å². The van der Waals surface area contributed by atoms with Crippen LogP contribution in [0.25, 0.3) is 0 Å². The van der Waals surface area contributed by atoms with E-state index >= 15 is 0 Å². The monoisotopic (exact) mass is 378 g/mol. The molecule has 0 saturated carbocycles. The van der Waals surface area contributed by atoms with Crippen LogP contribution in [0.5, 0.6) is 0 Å². The summed E-state index contributed by atoms with van der Waals surface area (Å²) in [4.78, 5) is 18.2. The Hall–Kier alpha value is -2.23. The number of carbonyl (C=O) groups excluding carboxylic acids is 1. The van der Waals surface area contributed by atoms with Crippen LogP contribution in [0.4, 0.5) is 0 Å². The fourth-order valence-electron chi connectivity index (χ4n) is 2.72. The highest BCUT2D eigenvalue weighted by molar-refractivity contribution is 7.89. The zero-order valence-corrected chi connectivity index (χ0v) is 15.2. The van der Waals surface area contributed by atoms with Gasteiger partial charge in [0.1, 0.15) is 0 Å². The number of hydrogen-bond donors (Lipinski definition) is 1. The molecular formula is C17H22N4O4S. The van der Waals surface area contributed by atoms with Gasteiger partial charge in [0.15, 0.2) is 0 Å². The van der Waals surface area contributed by atoms with Crippen LogP contribution >= 0.6 is 0 Å². The Kier molecular flexibility index (Phi) is 6.02. The zero-order valence-electron chi connectivity index (χ0n) is 14.4. The van der Waals surface area contributed by atoms with Gasteiger partial charge in [-0.05, 0) is 24.6 Å². The van der Waals surface area contributed by atoms with Gasteiger partial charge in [0, 0.05) is 44.1 Å². The first-order chi connectivity index (χ1) is 12.6. The third-order valence-corrected chi connectivity index (χ3v) is 5.59. The molecule has 9 heteroatoms. The average molecular weight is 378 g/mol. The minimum atomic E-state index is -3.66. The predicted octanol–water partition coefficient (Wildman–Crippen LogP) is 0.724. The summed E-state index contributed by atoms with van der Waals surface area (Å²) >= 11 is 0. The van der Waals surface area contributed by atoms with Crippen molar-refractivity contribution in [2.45, 2.75) is 17.9 Å². The van der Waals surface area contributed by atoms with Crippen LogP contribution in [-0.2, 0) is 21.3 Å². The number of aryl methyl sites for hydroxylation is 1. The maximum absolute atomic E-state index is 12.5. The Morgan fingerprint density at radius 2 is 2.08 bits per heavy atom. The molecular weight excluding hydrogens is 356 g/mol. The van der Waals surface area contributed by atoms with Crippen molar-refractivity contribution in [2.75, 3.05) is 32.8 Å². The highest BCUT2D eigenvalue weighted by Crippen LogP contribution is 2.14. The molecule has 2 heterocycles. The Labute approximate surface area is 152 Å². The maximum atomic E-state index is 12.5. The smallest absolute Gasteiger partial charge is 0.254 e. The molecule has 0 atom stereocenters. The lowest BCUT2D eigenvalue weighted by Gasteiger charge is -2.27. The SMILES string of the molecule is O=C(c1cccc(S(=O)(=O)NCCCn2ccnc2)c1)N1CCOCC1. The molecule has 1 amide bonds. The number of nitrogens with one attached hydrogen (secondary N) is 1. The number of sulfonamides is 1. The Balaban J connectivity index is 1.61. The number of aromatic nitrogens is 2. The van der Waals surface area contributed by atoms with Gasteiger partial charge >= 0.3 is 0 Å². The Morgan fingerprint density at radius 1 is 1.27 bits per heavy atom. The lowest BCUT2D eigenvalue weighted by atomic mass is 10.2. The molecule has 140 valence electrons. The van der Waals surface area contributed by atoms with E-state index in [1.54, 1.807) is 29.6 Å². The van der Waals surface area contributed by atoms with Crippen LogP contribution in [0, 0.1) is 0 Å². The Bertz CT molecular complexity index is 830. The number of rotatable bonds is 7. The second-order valence-corrected chi connectivity index (χ2v) is 7.75. The quantitative estimate of drug-likeness (QED) is 0.717. The lowest BCUT2D eigenvalue weighted by molar-refractivity contribution is 0.0302. The summed E-state index contributed by atoms with van der Waals surface area (Å²) in [5.41, 5.74) is 0.369. The van der Waals surface area contributed by atoms with Crippen LogP contribution in [0.3, 0.4) is 0 Å². The number of morpholine rings is 1. The minimum absolute atomic E-state index is 0.0965. The van der Waals surface area contributed by atoms with Crippen molar-refractivity contribution in [1.29, 1.82) is 0 Å². The van der Waals surface area contributed by atoms with Gasteiger partial charge in [0.2, 0.25) is 10.0 Å². The molecule has 1 aliphatic rings. The molecule has 26 heavy (non-hydrogen) atoms. The van der Waals surface area contributed by atoms with E-state index in [2.05, 4.69) is 9.71 Å². The summed E-state index contributed by atoms with van der Waals surface area (Å²) in [6.45, 7) is 3.02. The number of ether oxygens (including phenoxy) is 1. The van der Waals surface area contributed by atoms with Gasteiger partial charge in [-0.1, -0.05) is 6.07 Å². The second kappa shape index (κ2) is 8.43. The van der Waals surface area contributed by atoms with Crippen molar-refractivity contribution in [3.05, 3.63) is 48.5 Å². The molecule has 2 aromatic rings. The van der Waals surface area contributed by atoms with Crippen LogP contribution in [0.2, 0.25) is 0 Å². The normalized spacial score (nSPS) is 15.2. The molecule has 0 aliphatic carbocycles. The van der Waals surface area contributed by atoms with E-state index in [1.807, 2.05) is 10.8 Å². The van der Waals surface area contributed by atoms with E-state index in [1.165, 1.54) is 12.1 Å². The van der Waals surface area contributed by atoms with E-state index in [4.69, 9.17) is 4.74 Å². The largest absolute Gasteiger partial charge is 0.378 e. The zero-order chi connectivity index (χ0) is 18.4. The Morgan fingerprint density at radius 3 is 2.81 bits per heavy atom. The molecule has 0 bridgehead atoms. The van der Waals surface area contributed by atoms with Crippen molar-refractivity contribution in [1.82, 2.24) is 19.2 Å². The van der Waals surface area contributed by atoms with Gasteiger partial charge in [0.25, 0.3) is 5.91 Å². The van der Waals surface area contributed by atoms with Crippen LogP contribution in [0.15, 0.2) is 47.9 Å². The highest BCUT2D eigenvalue weighted by atomic mass is 32.2. The first-order valence-corrected chi connectivity index (χ1v) is 9.97. The van der Waals surface area contributed by atoms with Crippen LogP contribution < -0.4 is 4.72 Å². The number of amides is 1. The number of nitrogens with zero attached hydrogens (tertiary/aromatic N) is 3. The first-order valence-electron chi connectivity index (χ1n) is 8.49. The fourth-order valence-corrected chi connectivity index (χ4v) is 3.84. The summed E-state index contributed by atoms with van der Waals surface area (Å²) in [5, 5.41) is 0. The summed E-state index contributed by atoms with van der Waals surface area (Å²) in [5.74, 6) is -0.176. The number of carbonyl (C=O) groups is 1. The second-order valence-electron chi connectivity index (χ2n) is 5.98. The summed E-state index contributed by atoms with van der Waals surface area (Å²) < 4.78 is 34.6. The minimum Gasteiger partial charge on any atom is -0.378 e. The molecule has 1 fully saturated rings. The molecule has 1 N–H and O–H groups in total. The van der Waals surface area contributed by atoms with Crippen molar-refractivity contribution in [3.63, 3.8) is 0 Å². The maximum Gasteiger partial charge on any atom is 0.254 e. The fraction of sp³-hybridized carbons (Fsp3) is 0.412. The van der Waals surface area contributed by atoms with Gasteiger partial charge in [-0.15, -0.1) is 0 Å². The van der Waals surface area contributed by atoms with Gasteiger partial charge in [0.05, 0.1) is 24.4 Å². The topological polar surface area (TPSA) is 93.5 Å². The number of benzene rings is 1. The van der Waals surface area contributed by atoms with Crippen molar-refractivity contribution in [3.8, 4) is 0 Å². The van der Waals surface area contributed by atoms with E-state index in [9.17, 15) is 13.2 Å². The van der Waals surface area contributed by atoms with Crippen LogP contribution in [0.1, 0.15) is 16.8 Å². The summed E-state index contributed by atoms with van der Waals surface area (Å²) in [6.07, 6.45) is 5.84. The van der Waals surface area contributed by atoms with Gasteiger partial charge < -0.3 is 14.2 Å². The predicted molar refractivity (Wildman–Crippen MR) is 95.2 cm³/mol. The number of hydrogen-bond acceptors (Lipinski definition) is 5. The third kappa shape index (κ3) is 4.69. The molecule has 8 nitrogen and oxygen atoms in total. The van der Waals surface area contributed by atoms with E-state index < -0.39 is 10.0 Å². The van der Waals surface area contributed by atoms with Crippen molar-refractivity contribution < 1.29 is 17.9 Å². The average Bonchev–Trinajstić information content (AvgIpc) is 3.19. The van der Waals surface area contributed by atoms with Gasteiger partial charge in [-0.3, -0.25) is 4.79 Å². The van der Waals surface area contributed by atoms with E-state index in [-0.39, 0.29) is 10.8 Å². The molecule has 1 aliphatic heterocycles. The lowest BCUT2D eigenvalue weighted by Crippen LogP contribution is -2.40. The third-order valence-electron chi connectivity index (χ3n) is 4.13. The molecule has 3 rings (SSSR count). The molecule has 1 aromatic heterocycles. The summed E-state index contributed by atoms with van der Waals surface area (Å²) in [6, 6.07) is 6.15.